The van der Waals surface area contributed by atoms with E-state index in [1.54, 1.807) is 11.6 Å². The van der Waals surface area contributed by atoms with Gasteiger partial charge in [0.2, 0.25) is 0 Å². The second-order valence-electron chi connectivity index (χ2n) is 7.32. The molecule has 0 aliphatic carbocycles. The normalized spacial score (nSPS) is 12.7. The number of hydrogen-bond acceptors (Lipinski definition) is 6. The van der Waals surface area contributed by atoms with Crippen molar-refractivity contribution in [1.82, 2.24) is 19.1 Å². The summed E-state index contributed by atoms with van der Waals surface area (Å²) in [5.74, 6) is 1.33. The minimum Gasteiger partial charge on any atom is -0.490 e. The van der Waals surface area contributed by atoms with Crippen molar-refractivity contribution >= 4 is 33.7 Å². The van der Waals surface area contributed by atoms with E-state index in [1.807, 2.05) is 61.5 Å². The van der Waals surface area contributed by atoms with E-state index in [1.165, 1.54) is 16.3 Å². The minimum absolute atomic E-state index is 0.0380. The van der Waals surface area contributed by atoms with E-state index in [2.05, 4.69) is 9.97 Å². The van der Waals surface area contributed by atoms with Gasteiger partial charge in [0.05, 0.1) is 6.54 Å². The van der Waals surface area contributed by atoms with Gasteiger partial charge in [-0.3, -0.25) is 14.3 Å². The van der Waals surface area contributed by atoms with Crippen LogP contribution in [0, 0.1) is 0 Å². The molecule has 1 atom stereocenters. The van der Waals surface area contributed by atoms with Gasteiger partial charge in [-0.2, -0.15) is 0 Å². The Morgan fingerprint density at radius 2 is 2.00 bits per heavy atom. The van der Waals surface area contributed by atoms with E-state index >= 15 is 0 Å². The van der Waals surface area contributed by atoms with E-state index in [0.717, 1.165) is 10.8 Å². The van der Waals surface area contributed by atoms with Crippen LogP contribution in [0.2, 0.25) is 0 Å². The summed E-state index contributed by atoms with van der Waals surface area (Å²) in [7, 11) is 1.55. The summed E-state index contributed by atoms with van der Waals surface area (Å²) in [5.41, 5.74) is -0.532. The lowest BCUT2D eigenvalue weighted by atomic mass is 10.1. The van der Waals surface area contributed by atoms with Crippen LogP contribution < -0.4 is 16.0 Å². The Labute approximate surface area is 188 Å². The molecule has 0 saturated heterocycles. The molecular weight excluding hydrogens is 428 g/mol. The molecule has 8 nitrogen and oxygen atoms in total. The zero-order chi connectivity index (χ0) is 22.7. The molecule has 0 bridgehead atoms. The van der Waals surface area contributed by atoms with Crippen LogP contribution in [-0.2, 0) is 13.6 Å². The predicted molar refractivity (Wildman–Crippen MR) is 127 cm³/mol. The second kappa shape index (κ2) is 9.46. The number of fused-ring (bicyclic) bond motifs is 2. The molecule has 166 valence electrons. The van der Waals surface area contributed by atoms with Gasteiger partial charge >= 0.3 is 5.69 Å². The average molecular weight is 453 g/mol. The van der Waals surface area contributed by atoms with Gasteiger partial charge in [0.15, 0.2) is 16.3 Å². The Morgan fingerprint density at radius 3 is 2.81 bits per heavy atom. The molecule has 2 aromatic carbocycles. The topological polar surface area (TPSA) is 102 Å². The number of aromatic nitrogens is 4. The highest BCUT2D eigenvalue weighted by molar-refractivity contribution is 7.99. The van der Waals surface area contributed by atoms with Crippen LogP contribution in [0.1, 0.15) is 6.92 Å². The SMILES string of the molecule is C/C=C/CSc1nc2c(c(=O)[nH]c(=O)n2C)n1C[C@@H](O)COc1cccc2ccccc12. The third-order valence-corrected chi connectivity index (χ3v) is 6.02. The number of benzene rings is 2. The molecule has 0 spiro atoms. The van der Waals surface area contributed by atoms with E-state index in [0.29, 0.717) is 16.7 Å². The summed E-state index contributed by atoms with van der Waals surface area (Å²) in [6, 6.07) is 13.6. The summed E-state index contributed by atoms with van der Waals surface area (Å²) in [4.78, 5) is 31.4. The van der Waals surface area contributed by atoms with Crippen molar-refractivity contribution in [3.63, 3.8) is 0 Å². The summed E-state index contributed by atoms with van der Waals surface area (Å²) in [5, 5.41) is 13.3. The molecule has 9 heteroatoms. The molecule has 32 heavy (non-hydrogen) atoms. The van der Waals surface area contributed by atoms with Crippen LogP contribution in [-0.4, -0.2) is 42.7 Å². The maximum Gasteiger partial charge on any atom is 0.329 e. The summed E-state index contributed by atoms with van der Waals surface area (Å²) in [6.07, 6.45) is 3.00. The Balaban J connectivity index is 1.62. The van der Waals surface area contributed by atoms with Crippen molar-refractivity contribution in [1.29, 1.82) is 0 Å². The van der Waals surface area contributed by atoms with Crippen LogP contribution in [0.5, 0.6) is 5.75 Å². The monoisotopic (exact) mass is 452 g/mol. The number of H-pyrrole nitrogens is 1. The number of aliphatic hydroxyl groups is 1. The van der Waals surface area contributed by atoms with Crippen LogP contribution >= 0.6 is 11.8 Å². The highest BCUT2D eigenvalue weighted by atomic mass is 32.2. The third-order valence-electron chi connectivity index (χ3n) is 5.09. The molecule has 4 aromatic rings. The smallest absolute Gasteiger partial charge is 0.329 e. The first-order valence-electron chi connectivity index (χ1n) is 10.2. The fourth-order valence-electron chi connectivity index (χ4n) is 3.48. The maximum atomic E-state index is 12.6. The zero-order valence-corrected chi connectivity index (χ0v) is 18.6. The first kappa shape index (κ1) is 21.9. The van der Waals surface area contributed by atoms with Gasteiger partial charge in [-0.15, -0.1) is 0 Å². The highest BCUT2D eigenvalue weighted by Crippen LogP contribution is 2.26. The quantitative estimate of drug-likeness (QED) is 0.315. The number of nitrogens with one attached hydrogen (secondary N) is 1. The Hall–Kier alpha value is -3.30. The van der Waals surface area contributed by atoms with E-state index in [9.17, 15) is 14.7 Å². The zero-order valence-electron chi connectivity index (χ0n) is 17.8. The molecule has 2 aromatic heterocycles. The molecule has 0 aliphatic rings. The number of allylic oxidation sites excluding steroid dienone is 1. The van der Waals surface area contributed by atoms with Crippen molar-refractivity contribution in [3.05, 3.63) is 75.5 Å². The first-order chi connectivity index (χ1) is 15.5. The van der Waals surface area contributed by atoms with Crippen molar-refractivity contribution < 1.29 is 9.84 Å². The minimum atomic E-state index is -0.899. The second-order valence-corrected chi connectivity index (χ2v) is 8.30. The molecule has 4 rings (SSSR count). The fraction of sp³-hybridized carbons (Fsp3) is 0.261. The Morgan fingerprint density at radius 1 is 1.22 bits per heavy atom. The number of nitrogens with zero attached hydrogens (tertiary/aromatic N) is 3. The van der Waals surface area contributed by atoms with Gasteiger partial charge in [0.25, 0.3) is 5.56 Å². The molecule has 0 amide bonds. The molecule has 2 heterocycles. The first-order valence-corrected chi connectivity index (χ1v) is 11.2. The van der Waals surface area contributed by atoms with Crippen molar-refractivity contribution in [2.75, 3.05) is 12.4 Å². The summed E-state index contributed by atoms with van der Waals surface area (Å²) in [6.45, 7) is 2.06. The fourth-order valence-corrected chi connectivity index (χ4v) is 4.39. The summed E-state index contributed by atoms with van der Waals surface area (Å²) < 4.78 is 8.86. The predicted octanol–water partition coefficient (Wildman–Crippen LogP) is 2.68. The molecule has 0 aliphatic heterocycles. The van der Waals surface area contributed by atoms with Gasteiger partial charge in [0, 0.05) is 18.2 Å². The number of ether oxygens (including phenoxy) is 1. The number of thioether (sulfide) groups is 1. The number of rotatable bonds is 8. The lowest BCUT2D eigenvalue weighted by Crippen LogP contribution is -2.30. The largest absolute Gasteiger partial charge is 0.490 e. The van der Waals surface area contributed by atoms with Gasteiger partial charge in [-0.05, 0) is 18.4 Å². The molecular formula is C23H24N4O4S. The standard InChI is InChI=1S/C23H24N4O4S/c1-3-4-12-32-23-24-20-19(21(29)25-22(30)26(20)2)27(23)13-16(28)14-31-18-11-7-9-15-8-5-6-10-17(15)18/h3-11,16,28H,12-14H2,1-2H3,(H,25,29,30)/b4-3+/t16-/m1/s1. The van der Waals surface area contributed by atoms with E-state index in [-0.39, 0.29) is 24.3 Å². The van der Waals surface area contributed by atoms with Crippen molar-refractivity contribution in [2.45, 2.75) is 24.7 Å². The Bertz CT molecular complexity index is 1400. The van der Waals surface area contributed by atoms with Crippen LogP contribution in [0.25, 0.3) is 21.9 Å². The van der Waals surface area contributed by atoms with Crippen LogP contribution in [0.15, 0.2) is 69.4 Å². The number of hydrogen-bond donors (Lipinski definition) is 2. The summed E-state index contributed by atoms with van der Waals surface area (Å²) >= 11 is 1.42. The third kappa shape index (κ3) is 4.35. The van der Waals surface area contributed by atoms with Gasteiger partial charge in [0.1, 0.15) is 18.5 Å². The molecule has 0 fully saturated rings. The van der Waals surface area contributed by atoms with Crippen LogP contribution in [0.3, 0.4) is 0 Å². The van der Waals surface area contributed by atoms with E-state index in [4.69, 9.17) is 4.74 Å². The van der Waals surface area contributed by atoms with Crippen molar-refractivity contribution in [3.8, 4) is 5.75 Å². The number of aromatic amines is 1. The molecule has 0 unspecified atom stereocenters. The highest BCUT2D eigenvalue weighted by Gasteiger charge is 2.20. The Kier molecular flexibility index (Phi) is 6.48. The molecule has 2 N–H and O–H groups in total. The number of imidazole rings is 1. The molecule has 0 saturated carbocycles. The van der Waals surface area contributed by atoms with Gasteiger partial charge in [-0.1, -0.05) is 60.3 Å². The lowest BCUT2D eigenvalue weighted by Gasteiger charge is -2.16. The molecule has 0 radical (unpaired) electrons. The van der Waals surface area contributed by atoms with Gasteiger partial charge < -0.3 is 14.4 Å². The average Bonchev–Trinajstić information content (AvgIpc) is 3.15. The van der Waals surface area contributed by atoms with E-state index < -0.39 is 17.4 Å². The maximum absolute atomic E-state index is 12.6. The lowest BCUT2D eigenvalue weighted by molar-refractivity contribution is 0.0921. The van der Waals surface area contributed by atoms with Crippen LogP contribution in [0.4, 0.5) is 0 Å². The number of aliphatic hydroxyl groups excluding tert-OH is 1. The van der Waals surface area contributed by atoms with Crippen molar-refractivity contribution in [2.24, 2.45) is 7.05 Å². The van der Waals surface area contributed by atoms with Gasteiger partial charge in [-0.25, -0.2) is 9.78 Å². The number of aryl methyl sites for hydroxylation is 1.